The van der Waals surface area contributed by atoms with Crippen LogP contribution in [0, 0.1) is 0 Å². The molecule has 0 saturated heterocycles. The van der Waals surface area contributed by atoms with Crippen LogP contribution in [0.3, 0.4) is 0 Å². The van der Waals surface area contributed by atoms with Gasteiger partial charge in [0.25, 0.3) is 15.9 Å². The van der Waals surface area contributed by atoms with Crippen molar-refractivity contribution in [1.29, 1.82) is 0 Å². The maximum absolute atomic E-state index is 12.8. The Morgan fingerprint density at radius 2 is 1.68 bits per heavy atom. The first-order chi connectivity index (χ1) is 16.5. The van der Waals surface area contributed by atoms with Gasteiger partial charge in [0.2, 0.25) is 5.82 Å². The Labute approximate surface area is 194 Å². The summed E-state index contributed by atoms with van der Waals surface area (Å²) in [5, 5.41) is 16.5. The third-order valence-electron chi connectivity index (χ3n) is 4.95. The number of anilines is 2. The number of tetrazole rings is 1. The predicted octanol–water partition coefficient (Wildman–Crippen LogP) is 2.69. The Hall–Kier alpha value is -4.45. The molecular weight excluding hydrogens is 460 g/mol. The van der Waals surface area contributed by atoms with Gasteiger partial charge in [-0.1, -0.05) is 12.1 Å². The smallest absolute Gasteiger partial charge is 0.262 e. The van der Waals surface area contributed by atoms with Crippen molar-refractivity contribution in [3.8, 4) is 22.9 Å². The van der Waals surface area contributed by atoms with Crippen molar-refractivity contribution >= 4 is 27.3 Å². The molecule has 1 amide bonds. The van der Waals surface area contributed by atoms with Crippen molar-refractivity contribution in [3.63, 3.8) is 0 Å². The van der Waals surface area contributed by atoms with E-state index in [4.69, 9.17) is 9.47 Å². The maximum atomic E-state index is 12.8. The number of benzene rings is 3. The lowest BCUT2D eigenvalue weighted by Gasteiger charge is -2.19. The molecule has 11 nitrogen and oxygen atoms in total. The number of carbonyl (C=O) groups is 1. The molecule has 1 aromatic heterocycles. The Morgan fingerprint density at radius 3 is 2.44 bits per heavy atom. The number of nitrogens with one attached hydrogen (secondary N) is 3. The second-order valence-electron chi connectivity index (χ2n) is 7.26. The van der Waals surface area contributed by atoms with Gasteiger partial charge in [-0.15, -0.1) is 10.2 Å². The number of rotatable bonds is 6. The van der Waals surface area contributed by atoms with Gasteiger partial charge in [0.05, 0.1) is 4.90 Å². The van der Waals surface area contributed by atoms with Gasteiger partial charge in [-0.25, -0.2) is 8.42 Å². The van der Waals surface area contributed by atoms with E-state index < -0.39 is 10.0 Å². The van der Waals surface area contributed by atoms with Crippen LogP contribution in [0.1, 0.15) is 10.4 Å². The van der Waals surface area contributed by atoms with Crippen LogP contribution in [0.2, 0.25) is 0 Å². The summed E-state index contributed by atoms with van der Waals surface area (Å²) < 4.78 is 38.9. The van der Waals surface area contributed by atoms with Gasteiger partial charge in [0.1, 0.15) is 13.2 Å². The van der Waals surface area contributed by atoms with Crippen molar-refractivity contribution in [3.05, 3.63) is 72.3 Å². The van der Waals surface area contributed by atoms with E-state index in [2.05, 4.69) is 30.7 Å². The second-order valence-corrected chi connectivity index (χ2v) is 8.94. The Bertz CT molecular complexity index is 1440. The minimum absolute atomic E-state index is 0.0515. The Kier molecular flexibility index (Phi) is 5.55. The van der Waals surface area contributed by atoms with Crippen molar-refractivity contribution in [2.75, 3.05) is 23.3 Å². The molecule has 0 aliphatic carbocycles. The number of hydrogen-bond acceptors (Lipinski definition) is 8. The monoisotopic (exact) mass is 478 g/mol. The first-order valence-electron chi connectivity index (χ1n) is 10.2. The number of nitrogens with zero attached hydrogens (tertiary/aromatic N) is 3. The summed E-state index contributed by atoms with van der Waals surface area (Å²) in [7, 11) is -3.84. The number of fused-ring (bicyclic) bond motifs is 1. The van der Waals surface area contributed by atoms with Gasteiger partial charge in [-0.05, 0) is 53.7 Å². The fourth-order valence-electron chi connectivity index (χ4n) is 3.31. The first kappa shape index (κ1) is 21.4. The molecule has 34 heavy (non-hydrogen) atoms. The fraction of sp³-hybridized carbons (Fsp3) is 0.0909. The van der Waals surface area contributed by atoms with Crippen LogP contribution in [0.5, 0.6) is 11.5 Å². The number of ether oxygens (including phenoxy) is 2. The molecule has 0 saturated carbocycles. The lowest BCUT2D eigenvalue weighted by molar-refractivity contribution is 0.102. The van der Waals surface area contributed by atoms with E-state index in [1.165, 1.54) is 12.1 Å². The molecule has 0 radical (unpaired) electrons. The average Bonchev–Trinajstić information content (AvgIpc) is 3.40. The molecule has 1 aliphatic heterocycles. The summed E-state index contributed by atoms with van der Waals surface area (Å²) in [6.45, 7) is 0.781. The van der Waals surface area contributed by atoms with E-state index in [9.17, 15) is 13.2 Å². The molecule has 4 aromatic rings. The quantitative estimate of drug-likeness (QED) is 0.383. The number of amides is 1. The number of aromatic nitrogens is 4. The maximum Gasteiger partial charge on any atom is 0.262 e. The lowest BCUT2D eigenvalue weighted by atomic mass is 10.1. The average molecular weight is 478 g/mol. The van der Waals surface area contributed by atoms with Gasteiger partial charge in [0.15, 0.2) is 11.5 Å². The number of aromatic amines is 1. The molecule has 0 atom stereocenters. The second kappa shape index (κ2) is 8.83. The summed E-state index contributed by atoms with van der Waals surface area (Å²) in [5.74, 6) is 0.933. The molecule has 0 unspecified atom stereocenters. The Balaban J connectivity index is 1.27. The SMILES string of the molecule is O=C(Nc1ccc(NS(=O)(=O)c2ccc3c(c2)OCCO3)cc1)c1cccc(-c2nn[nH]n2)c1. The highest BCUT2D eigenvalue weighted by Gasteiger charge is 2.19. The summed E-state index contributed by atoms with van der Waals surface area (Å²) in [5.41, 5.74) is 1.89. The lowest BCUT2D eigenvalue weighted by Crippen LogP contribution is -2.17. The van der Waals surface area contributed by atoms with Crippen LogP contribution in [0.25, 0.3) is 11.4 Å². The molecule has 12 heteroatoms. The zero-order valence-corrected chi connectivity index (χ0v) is 18.4. The molecule has 0 bridgehead atoms. The molecule has 3 aromatic carbocycles. The van der Waals surface area contributed by atoms with E-state index in [-0.39, 0.29) is 10.8 Å². The molecule has 1 aliphatic rings. The van der Waals surface area contributed by atoms with Crippen molar-refractivity contribution in [2.24, 2.45) is 0 Å². The van der Waals surface area contributed by atoms with Crippen LogP contribution in [0.4, 0.5) is 11.4 Å². The van der Waals surface area contributed by atoms with E-state index in [0.29, 0.717) is 53.0 Å². The van der Waals surface area contributed by atoms with E-state index >= 15 is 0 Å². The molecule has 5 rings (SSSR count). The number of hydrogen-bond donors (Lipinski definition) is 3. The highest BCUT2D eigenvalue weighted by molar-refractivity contribution is 7.92. The van der Waals surface area contributed by atoms with Crippen molar-refractivity contribution < 1.29 is 22.7 Å². The first-order valence-corrected chi connectivity index (χ1v) is 11.6. The minimum atomic E-state index is -3.84. The van der Waals surface area contributed by atoms with Crippen LogP contribution in [-0.2, 0) is 10.0 Å². The molecule has 172 valence electrons. The van der Waals surface area contributed by atoms with Crippen molar-refractivity contribution in [2.45, 2.75) is 4.90 Å². The fourth-order valence-corrected chi connectivity index (χ4v) is 4.39. The predicted molar refractivity (Wildman–Crippen MR) is 122 cm³/mol. The topological polar surface area (TPSA) is 148 Å². The highest BCUT2D eigenvalue weighted by atomic mass is 32.2. The zero-order chi connectivity index (χ0) is 23.5. The summed E-state index contributed by atoms with van der Waals surface area (Å²) >= 11 is 0. The molecule has 3 N–H and O–H groups in total. The van der Waals surface area contributed by atoms with Crippen molar-refractivity contribution in [1.82, 2.24) is 20.6 Å². The number of sulfonamides is 1. The molecular formula is C22H18N6O5S. The standard InChI is InChI=1S/C22H18N6O5S/c29-22(15-3-1-2-14(12-15)21-24-27-28-25-21)23-16-4-6-17(7-5-16)26-34(30,31)18-8-9-19-20(13-18)33-11-10-32-19/h1-9,12-13,26H,10-11H2,(H,23,29)(H,24,25,27,28). The molecule has 2 heterocycles. The largest absolute Gasteiger partial charge is 0.486 e. The highest BCUT2D eigenvalue weighted by Crippen LogP contribution is 2.32. The molecule has 0 fully saturated rings. The van der Waals surface area contributed by atoms with Gasteiger partial charge in [0, 0.05) is 28.6 Å². The van der Waals surface area contributed by atoms with Gasteiger partial charge in [-0.2, -0.15) is 5.21 Å². The number of carbonyl (C=O) groups excluding carboxylic acids is 1. The third kappa shape index (κ3) is 4.52. The van der Waals surface area contributed by atoms with E-state index in [1.807, 2.05) is 0 Å². The zero-order valence-electron chi connectivity index (χ0n) is 17.6. The van der Waals surface area contributed by atoms with Crippen LogP contribution in [0.15, 0.2) is 71.6 Å². The summed E-state index contributed by atoms with van der Waals surface area (Å²) in [4.78, 5) is 12.7. The van der Waals surface area contributed by atoms with E-state index in [0.717, 1.165) is 0 Å². The third-order valence-corrected chi connectivity index (χ3v) is 6.33. The van der Waals surface area contributed by atoms with Crippen LogP contribution < -0.4 is 19.5 Å². The Morgan fingerprint density at radius 1 is 0.912 bits per heavy atom. The van der Waals surface area contributed by atoms with Gasteiger partial charge in [-0.3, -0.25) is 9.52 Å². The van der Waals surface area contributed by atoms with Gasteiger partial charge >= 0.3 is 0 Å². The number of H-pyrrole nitrogens is 1. The normalized spacial score (nSPS) is 12.7. The van der Waals surface area contributed by atoms with Crippen LogP contribution >= 0.6 is 0 Å². The minimum Gasteiger partial charge on any atom is -0.486 e. The van der Waals surface area contributed by atoms with Gasteiger partial charge < -0.3 is 14.8 Å². The molecule has 0 spiro atoms. The summed E-state index contributed by atoms with van der Waals surface area (Å²) in [6.07, 6.45) is 0. The van der Waals surface area contributed by atoms with E-state index in [1.54, 1.807) is 54.6 Å². The summed E-state index contributed by atoms with van der Waals surface area (Å²) in [6, 6.07) is 17.6. The van der Waals surface area contributed by atoms with Crippen LogP contribution in [-0.4, -0.2) is 48.2 Å².